The fourth-order valence-electron chi connectivity index (χ4n) is 2.42. The molecule has 0 amide bonds. The summed E-state index contributed by atoms with van der Waals surface area (Å²) in [5.41, 5.74) is 0.438. The van der Waals surface area contributed by atoms with Gasteiger partial charge in [-0.05, 0) is 30.7 Å². The minimum absolute atomic E-state index is 0.149. The van der Waals surface area contributed by atoms with Crippen molar-refractivity contribution in [3.05, 3.63) is 0 Å². The van der Waals surface area contributed by atoms with Crippen LogP contribution in [0, 0.1) is 11.3 Å². The number of hydrogen-bond donors (Lipinski definition) is 1. The van der Waals surface area contributed by atoms with Gasteiger partial charge in [-0.15, -0.1) is 0 Å². The van der Waals surface area contributed by atoms with Crippen molar-refractivity contribution >= 4 is 0 Å². The molecule has 2 nitrogen and oxygen atoms in total. The Kier molecular flexibility index (Phi) is 4.60. The van der Waals surface area contributed by atoms with Crippen LogP contribution in [-0.2, 0) is 0 Å². The maximum absolute atomic E-state index is 10.00. The van der Waals surface area contributed by atoms with Gasteiger partial charge in [0.05, 0.1) is 6.10 Å². The second kappa shape index (κ2) is 5.31. The highest BCUT2D eigenvalue weighted by Crippen LogP contribution is 2.28. The zero-order valence-electron chi connectivity index (χ0n) is 10.8. The number of hydrogen-bond acceptors (Lipinski definition) is 2. The molecule has 0 saturated carbocycles. The van der Waals surface area contributed by atoms with Crippen LogP contribution in [0.25, 0.3) is 0 Å². The van der Waals surface area contributed by atoms with Crippen molar-refractivity contribution in [3.8, 4) is 0 Å². The van der Waals surface area contributed by atoms with Crippen molar-refractivity contribution in [1.29, 1.82) is 0 Å². The highest BCUT2D eigenvalue weighted by molar-refractivity contribution is 4.81. The zero-order valence-corrected chi connectivity index (χ0v) is 10.8. The first-order valence-corrected chi connectivity index (χ1v) is 6.35. The van der Waals surface area contributed by atoms with E-state index in [0.29, 0.717) is 11.3 Å². The Morgan fingerprint density at radius 2 is 2.07 bits per heavy atom. The van der Waals surface area contributed by atoms with E-state index in [1.165, 1.54) is 12.8 Å². The average molecular weight is 213 g/mol. The zero-order chi connectivity index (χ0) is 11.5. The van der Waals surface area contributed by atoms with E-state index in [-0.39, 0.29) is 6.10 Å². The summed E-state index contributed by atoms with van der Waals surface area (Å²) in [6.45, 7) is 12.1. The lowest BCUT2D eigenvalue weighted by atomic mass is 9.84. The van der Waals surface area contributed by atoms with Crippen LogP contribution in [0.3, 0.4) is 0 Å². The smallest absolute Gasteiger partial charge is 0.0692 e. The number of piperidine rings is 1. The van der Waals surface area contributed by atoms with Crippen molar-refractivity contribution in [2.45, 2.75) is 53.1 Å². The molecule has 1 aliphatic heterocycles. The third-order valence-corrected chi connectivity index (χ3v) is 3.73. The molecule has 1 saturated heterocycles. The number of likely N-dealkylation sites (tertiary alicyclic amines) is 1. The highest BCUT2D eigenvalue weighted by atomic mass is 16.3. The summed E-state index contributed by atoms with van der Waals surface area (Å²) in [4.78, 5) is 2.43. The lowest BCUT2D eigenvalue weighted by Gasteiger charge is -2.39. The number of β-amino-alcohol motifs (C(OH)–C–C–N with tert-alkyl or cyclic N) is 1. The highest BCUT2D eigenvalue weighted by Gasteiger charge is 2.28. The van der Waals surface area contributed by atoms with E-state index in [4.69, 9.17) is 0 Å². The molecule has 0 aliphatic carbocycles. The predicted octanol–water partition coefficient (Wildman–Crippen LogP) is 2.52. The molecular formula is C13H27NO. The minimum atomic E-state index is -0.149. The van der Waals surface area contributed by atoms with Gasteiger partial charge in [0.15, 0.2) is 0 Å². The maximum Gasteiger partial charge on any atom is 0.0692 e. The van der Waals surface area contributed by atoms with Gasteiger partial charge in [0.25, 0.3) is 0 Å². The lowest BCUT2D eigenvalue weighted by molar-refractivity contribution is 0.0345. The van der Waals surface area contributed by atoms with Crippen LogP contribution < -0.4 is 0 Å². The molecule has 1 rings (SSSR count). The molecule has 0 spiro atoms. The van der Waals surface area contributed by atoms with Gasteiger partial charge >= 0.3 is 0 Å². The molecule has 1 aliphatic rings. The Hall–Kier alpha value is -0.0800. The molecule has 1 N–H and O–H groups in total. The standard InChI is InChI=1S/C13H27NO/c1-5-11(2)12(15)9-14-8-6-7-13(3,4)10-14/h11-12,15H,5-10H2,1-4H3. The molecule has 2 heteroatoms. The Labute approximate surface area is 94.7 Å². The SMILES string of the molecule is CCC(C)C(O)CN1CCCC(C)(C)C1. The molecule has 90 valence electrons. The van der Waals surface area contributed by atoms with Crippen molar-refractivity contribution in [3.63, 3.8) is 0 Å². The van der Waals surface area contributed by atoms with E-state index >= 15 is 0 Å². The van der Waals surface area contributed by atoms with E-state index in [0.717, 1.165) is 26.1 Å². The molecule has 0 bridgehead atoms. The summed E-state index contributed by atoms with van der Waals surface area (Å²) in [5, 5.41) is 10.00. The van der Waals surface area contributed by atoms with Gasteiger partial charge < -0.3 is 10.0 Å². The van der Waals surface area contributed by atoms with Crippen LogP contribution in [0.15, 0.2) is 0 Å². The van der Waals surface area contributed by atoms with E-state index in [2.05, 4.69) is 32.6 Å². The van der Waals surface area contributed by atoms with Crippen LogP contribution >= 0.6 is 0 Å². The average Bonchev–Trinajstić information content (AvgIpc) is 2.14. The first kappa shape index (κ1) is 13.0. The molecule has 1 heterocycles. The van der Waals surface area contributed by atoms with Gasteiger partial charge in [-0.3, -0.25) is 0 Å². The minimum Gasteiger partial charge on any atom is -0.392 e. The predicted molar refractivity (Wildman–Crippen MR) is 64.9 cm³/mol. The van der Waals surface area contributed by atoms with Crippen LogP contribution in [-0.4, -0.2) is 35.7 Å². The quantitative estimate of drug-likeness (QED) is 0.775. The van der Waals surface area contributed by atoms with E-state index < -0.39 is 0 Å². The Morgan fingerprint density at radius 1 is 1.40 bits per heavy atom. The topological polar surface area (TPSA) is 23.5 Å². The van der Waals surface area contributed by atoms with Crippen LogP contribution in [0.1, 0.15) is 47.0 Å². The van der Waals surface area contributed by atoms with Crippen molar-refractivity contribution in [1.82, 2.24) is 4.90 Å². The fraction of sp³-hybridized carbons (Fsp3) is 1.00. The lowest BCUT2D eigenvalue weighted by Crippen LogP contribution is -2.44. The third kappa shape index (κ3) is 4.12. The molecular weight excluding hydrogens is 186 g/mol. The first-order valence-electron chi connectivity index (χ1n) is 6.35. The largest absolute Gasteiger partial charge is 0.392 e. The van der Waals surface area contributed by atoms with Crippen molar-refractivity contribution < 1.29 is 5.11 Å². The normalized spacial score (nSPS) is 26.2. The number of aliphatic hydroxyl groups excluding tert-OH is 1. The Morgan fingerprint density at radius 3 is 2.60 bits per heavy atom. The van der Waals surface area contributed by atoms with Gasteiger partial charge in [0.2, 0.25) is 0 Å². The fourth-order valence-corrected chi connectivity index (χ4v) is 2.42. The van der Waals surface area contributed by atoms with Crippen LogP contribution in [0.2, 0.25) is 0 Å². The van der Waals surface area contributed by atoms with Crippen molar-refractivity contribution in [2.75, 3.05) is 19.6 Å². The summed E-state index contributed by atoms with van der Waals surface area (Å²) in [7, 11) is 0. The van der Waals surface area contributed by atoms with Gasteiger partial charge in [-0.25, -0.2) is 0 Å². The van der Waals surface area contributed by atoms with Gasteiger partial charge in [0, 0.05) is 13.1 Å². The summed E-state index contributed by atoms with van der Waals surface area (Å²) >= 11 is 0. The summed E-state index contributed by atoms with van der Waals surface area (Å²) < 4.78 is 0. The Bertz CT molecular complexity index is 191. The van der Waals surface area contributed by atoms with Crippen LogP contribution in [0.4, 0.5) is 0 Å². The molecule has 15 heavy (non-hydrogen) atoms. The molecule has 0 aromatic carbocycles. The summed E-state index contributed by atoms with van der Waals surface area (Å²) in [6.07, 6.45) is 3.52. The molecule has 0 radical (unpaired) electrons. The van der Waals surface area contributed by atoms with Gasteiger partial charge in [-0.1, -0.05) is 34.1 Å². The van der Waals surface area contributed by atoms with Gasteiger partial charge in [0.1, 0.15) is 0 Å². The van der Waals surface area contributed by atoms with Crippen molar-refractivity contribution in [2.24, 2.45) is 11.3 Å². The van der Waals surface area contributed by atoms with Gasteiger partial charge in [-0.2, -0.15) is 0 Å². The van der Waals surface area contributed by atoms with E-state index in [1.54, 1.807) is 0 Å². The second-order valence-electron chi connectivity index (χ2n) is 5.96. The Balaban J connectivity index is 2.38. The molecule has 2 unspecified atom stereocenters. The molecule has 0 aromatic heterocycles. The van der Waals surface area contributed by atoms with E-state index in [9.17, 15) is 5.11 Å². The first-order chi connectivity index (χ1) is 6.94. The summed E-state index contributed by atoms with van der Waals surface area (Å²) in [6, 6.07) is 0. The second-order valence-corrected chi connectivity index (χ2v) is 5.96. The van der Waals surface area contributed by atoms with E-state index in [1.807, 2.05) is 0 Å². The molecule has 0 aromatic rings. The summed E-state index contributed by atoms with van der Waals surface area (Å²) in [5.74, 6) is 0.426. The maximum atomic E-state index is 10.00. The third-order valence-electron chi connectivity index (χ3n) is 3.73. The number of aliphatic hydroxyl groups is 1. The molecule has 1 fully saturated rings. The molecule has 2 atom stereocenters. The van der Waals surface area contributed by atoms with Crippen LogP contribution in [0.5, 0.6) is 0 Å². The number of rotatable bonds is 4. The monoisotopic (exact) mass is 213 g/mol. The number of nitrogens with zero attached hydrogens (tertiary/aromatic N) is 1.